The van der Waals surface area contributed by atoms with Crippen LogP contribution in [-0.2, 0) is 9.47 Å². The molecule has 2 aliphatic rings. The Morgan fingerprint density at radius 1 is 1.08 bits per heavy atom. The molecule has 0 spiro atoms. The summed E-state index contributed by atoms with van der Waals surface area (Å²) in [4.78, 5) is 0. The molecule has 12 heavy (non-hydrogen) atoms. The Balaban J connectivity index is 1.86. The third-order valence-electron chi connectivity index (χ3n) is 2.07. The lowest BCUT2D eigenvalue weighted by Gasteiger charge is -2.24. The molecule has 2 fully saturated rings. The molecule has 0 N–H and O–H groups in total. The van der Waals surface area contributed by atoms with E-state index in [4.69, 9.17) is 9.47 Å². The van der Waals surface area contributed by atoms with Gasteiger partial charge >= 0.3 is 0 Å². The second-order valence-corrected chi connectivity index (χ2v) is 3.03. The molecule has 0 aromatic rings. The smallest absolute Gasteiger partial charge is 0.0867 e. The van der Waals surface area contributed by atoms with Gasteiger partial charge in [-0.15, -0.1) is 0 Å². The molecular weight excluding hydrogens is 156 g/mol. The predicted octanol–water partition coefficient (Wildman–Crippen LogP) is 0.0949. The average Bonchev–Trinajstić information content (AvgIpc) is 2.59. The van der Waals surface area contributed by atoms with Crippen LogP contribution in [-0.4, -0.2) is 50.2 Å². The van der Waals surface area contributed by atoms with Crippen LogP contribution in [0.15, 0.2) is 5.10 Å². The number of rotatable bonds is 1. The van der Waals surface area contributed by atoms with Gasteiger partial charge in [0.15, 0.2) is 0 Å². The monoisotopic (exact) mass is 170 g/mol. The highest BCUT2D eigenvalue weighted by molar-refractivity contribution is 5.86. The molecule has 0 amide bonds. The van der Waals surface area contributed by atoms with Crippen molar-refractivity contribution in [2.45, 2.75) is 6.42 Å². The van der Waals surface area contributed by atoms with Crippen LogP contribution in [0, 0.1) is 0 Å². The highest BCUT2D eigenvalue weighted by Gasteiger charge is 2.12. The molecule has 0 bridgehead atoms. The van der Waals surface area contributed by atoms with E-state index in [0.29, 0.717) is 0 Å². The number of hydrazone groups is 1. The predicted molar refractivity (Wildman–Crippen MR) is 45.3 cm³/mol. The lowest BCUT2D eigenvalue weighted by atomic mass is 10.3. The zero-order chi connectivity index (χ0) is 8.23. The highest BCUT2D eigenvalue weighted by atomic mass is 16.5. The van der Waals surface area contributed by atoms with E-state index in [-0.39, 0.29) is 0 Å². The van der Waals surface area contributed by atoms with Crippen molar-refractivity contribution >= 4 is 5.71 Å². The third kappa shape index (κ3) is 1.95. The van der Waals surface area contributed by atoms with Crippen molar-refractivity contribution in [1.82, 2.24) is 5.01 Å². The minimum atomic E-state index is 0.720. The molecular formula is C8H14N2O2. The van der Waals surface area contributed by atoms with E-state index in [0.717, 1.165) is 45.9 Å². The van der Waals surface area contributed by atoms with Crippen LogP contribution in [0.3, 0.4) is 0 Å². The van der Waals surface area contributed by atoms with E-state index in [1.807, 2.05) is 0 Å². The number of morpholine rings is 1. The molecule has 2 saturated heterocycles. The van der Waals surface area contributed by atoms with Crippen molar-refractivity contribution in [3.8, 4) is 0 Å². The lowest BCUT2D eigenvalue weighted by Crippen LogP contribution is -2.33. The minimum Gasteiger partial charge on any atom is -0.378 e. The van der Waals surface area contributed by atoms with Crippen molar-refractivity contribution in [2.24, 2.45) is 5.10 Å². The Labute approximate surface area is 72.1 Å². The molecule has 0 aliphatic carbocycles. The summed E-state index contributed by atoms with van der Waals surface area (Å²) in [6, 6.07) is 0. The number of nitrogens with zero attached hydrogens (tertiary/aromatic N) is 2. The molecule has 2 aliphatic heterocycles. The average molecular weight is 170 g/mol. The maximum Gasteiger partial charge on any atom is 0.0867 e. The van der Waals surface area contributed by atoms with Crippen molar-refractivity contribution in [1.29, 1.82) is 0 Å². The maximum absolute atomic E-state index is 5.22. The van der Waals surface area contributed by atoms with Crippen LogP contribution in [0.4, 0.5) is 0 Å². The standard InChI is InChI=1S/C8H14N2O2/c1-4-12-7-8(1)9-10-2-5-11-6-3-10/h1-7H2/b9-8-. The second-order valence-electron chi connectivity index (χ2n) is 3.03. The first kappa shape index (κ1) is 8.01. The van der Waals surface area contributed by atoms with E-state index in [9.17, 15) is 0 Å². The van der Waals surface area contributed by atoms with Gasteiger partial charge in [-0.1, -0.05) is 0 Å². The molecule has 4 nitrogen and oxygen atoms in total. The van der Waals surface area contributed by atoms with Gasteiger partial charge < -0.3 is 9.47 Å². The summed E-state index contributed by atoms with van der Waals surface area (Å²) in [5.41, 5.74) is 1.18. The highest BCUT2D eigenvalue weighted by Crippen LogP contribution is 2.04. The Kier molecular flexibility index (Phi) is 2.58. The van der Waals surface area contributed by atoms with Crippen LogP contribution in [0.2, 0.25) is 0 Å². The second kappa shape index (κ2) is 3.87. The molecule has 0 unspecified atom stereocenters. The summed E-state index contributed by atoms with van der Waals surface area (Å²) in [5, 5.41) is 6.56. The fraction of sp³-hybridized carbons (Fsp3) is 0.875. The van der Waals surface area contributed by atoms with Gasteiger partial charge in [0.25, 0.3) is 0 Å². The Morgan fingerprint density at radius 2 is 1.92 bits per heavy atom. The molecule has 2 rings (SSSR count). The molecule has 0 aromatic heterocycles. The van der Waals surface area contributed by atoms with Gasteiger partial charge in [0.2, 0.25) is 0 Å². The van der Waals surface area contributed by atoms with Crippen LogP contribution in [0.25, 0.3) is 0 Å². The first-order valence-corrected chi connectivity index (χ1v) is 4.42. The van der Waals surface area contributed by atoms with E-state index in [2.05, 4.69) is 10.1 Å². The molecule has 0 radical (unpaired) electrons. The van der Waals surface area contributed by atoms with E-state index < -0.39 is 0 Å². The van der Waals surface area contributed by atoms with Crippen LogP contribution < -0.4 is 0 Å². The van der Waals surface area contributed by atoms with Crippen LogP contribution >= 0.6 is 0 Å². The van der Waals surface area contributed by atoms with Crippen LogP contribution in [0.5, 0.6) is 0 Å². The topological polar surface area (TPSA) is 34.1 Å². The van der Waals surface area contributed by atoms with Gasteiger partial charge in [0, 0.05) is 6.42 Å². The Hall–Kier alpha value is -0.610. The maximum atomic E-state index is 5.22. The van der Waals surface area contributed by atoms with Crippen molar-refractivity contribution in [3.05, 3.63) is 0 Å². The molecule has 0 saturated carbocycles. The first-order chi connectivity index (χ1) is 5.95. The molecule has 4 heteroatoms. The largest absolute Gasteiger partial charge is 0.378 e. The summed E-state index contributed by atoms with van der Waals surface area (Å²) in [7, 11) is 0. The summed E-state index contributed by atoms with van der Waals surface area (Å²) in [6.45, 7) is 5.00. The van der Waals surface area contributed by atoms with Crippen LogP contribution in [0.1, 0.15) is 6.42 Å². The van der Waals surface area contributed by atoms with Gasteiger partial charge in [-0.3, -0.25) is 5.01 Å². The zero-order valence-electron chi connectivity index (χ0n) is 7.16. The van der Waals surface area contributed by atoms with E-state index in [1.54, 1.807) is 0 Å². The minimum absolute atomic E-state index is 0.720. The third-order valence-corrected chi connectivity index (χ3v) is 2.07. The number of hydrogen-bond donors (Lipinski definition) is 0. The lowest BCUT2D eigenvalue weighted by molar-refractivity contribution is 0.0391. The summed E-state index contributed by atoms with van der Waals surface area (Å²) in [6.07, 6.45) is 0.997. The quantitative estimate of drug-likeness (QED) is 0.559. The van der Waals surface area contributed by atoms with E-state index in [1.165, 1.54) is 5.71 Å². The summed E-state index contributed by atoms with van der Waals surface area (Å²) < 4.78 is 10.4. The molecule has 68 valence electrons. The fourth-order valence-corrected chi connectivity index (χ4v) is 1.38. The van der Waals surface area contributed by atoms with Gasteiger partial charge in [0.05, 0.1) is 45.2 Å². The van der Waals surface area contributed by atoms with Crippen molar-refractivity contribution in [3.63, 3.8) is 0 Å². The fourth-order valence-electron chi connectivity index (χ4n) is 1.38. The molecule has 0 atom stereocenters. The van der Waals surface area contributed by atoms with Gasteiger partial charge in [-0.2, -0.15) is 5.10 Å². The summed E-state index contributed by atoms with van der Waals surface area (Å²) in [5.74, 6) is 0. The molecule has 0 aromatic carbocycles. The zero-order valence-corrected chi connectivity index (χ0v) is 7.16. The van der Waals surface area contributed by atoms with Gasteiger partial charge in [-0.05, 0) is 0 Å². The van der Waals surface area contributed by atoms with Crippen molar-refractivity contribution in [2.75, 3.05) is 39.5 Å². The van der Waals surface area contributed by atoms with Gasteiger partial charge in [0.1, 0.15) is 0 Å². The van der Waals surface area contributed by atoms with Gasteiger partial charge in [-0.25, -0.2) is 0 Å². The Bertz CT molecular complexity index is 168. The van der Waals surface area contributed by atoms with Crippen molar-refractivity contribution < 1.29 is 9.47 Å². The first-order valence-electron chi connectivity index (χ1n) is 4.42. The van der Waals surface area contributed by atoms with E-state index >= 15 is 0 Å². The number of hydrogen-bond acceptors (Lipinski definition) is 4. The SMILES string of the molecule is C1CN(/N=C2/CCOC2)CCO1. The number of ether oxygens (including phenoxy) is 2. The molecule has 2 heterocycles. The Morgan fingerprint density at radius 3 is 2.58 bits per heavy atom. The summed E-state index contributed by atoms with van der Waals surface area (Å²) >= 11 is 0. The normalized spacial score (nSPS) is 28.3.